The summed E-state index contributed by atoms with van der Waals surface area (Å²) in [5, 5.41) is 10.9. The minimum absolute atomic E-state index is 0. The van der Waals surface area contributed by atoms with Crippen LogP contribution >= 0.6 is 24.0 Å². The smallest absolute Gasteiger partial charge is 0.191 e. The minimum atomic E-state index is 0. The maximum atomic E-state index is 6.21. The van der Waals surface area contributed by atoms with Crippen molar-refractivity contribution >= 4 is 29.9 Å². The second-order valence-corrected chi connectivity index (χ2v) is 7.77. The number of halogens is 1. The molecule has 0 saturated carbocycles. The highest BCUT2D eigenvalue weighted by Crippen LogP contribution is 2.23. The molecule has 1 unspecified atom stereocenters. The molecule has 4 rings (SSSR count). The number of aromatic nitrogens is 3. The molecule has 9 heteroatoms. The molecule has 1 aliphatic heterocycles. The van der Waals surface area contributed by atoms with Crippen LogP contribution in [0.25, 0.3) is 5.69 Å². The number of ether oxygens (including phenoxy) is 2. The van der Waals surface area contributed by atoms with Crippen LogP contribution in [-0.4, -0.2) is 46.6 Å². The van der Waals surface area contributed by atoms with Crippen molar-refractivity contribution in [2.45, 2.75) is 39.5 Å². The van der Waals surface area contributed by atoms with Gasteiger partial charge in [-0.2, -0.15) is 5.10 Å². The minimum Gasteiger partial charge on any atom is -0.488 e. The molecular formula is C24H31IN6O2. The third kappa shape index (κ3) is 7.16. The summed E-state index contributed by atoms with van der Waals surface area (Å²) < 4.78 is 13.4. The van der Waals surface area contributed by atoms with Crippen LogP contribution in [0.4, 0.5) is 0 Å². The summed E-state index contributed by atoms with van der Waals surface area (Å²) in [4.78, 5) is 8.72. The molecule has 3 aromatic rings. The highest BCUT2D eigenvalue weighted by atomic mass is 127. The van der Waals surface area contributed by atoms with Crippen LogP contribution in [0.5, 0.6) is 5.75 Å². The van der Waals surface area contributed by atoms with Crippen molar-refractivity contribution in [2.75, 3.05) is 19.8 Å². The number of rotatable bonds is 8. The predicted octanol–water partition coefficient (Wildman–Crippen LogP) is 3.62. The average molecular weight is 562 g/mol. The van der Waals surface area contributed by atoms with E-state index in [1.54, 1.807) is 11.0 Å². The summed E-state index contributed by atoms with van der Waals surface area (Å²) >= 11 is 0. The summed E-state index contributed by atoms with van der Waals surface area (Å²) in [6.45, 7) is 7.54. The van der Waals surface area contributed by atoms with Crippen molar-refractivity contribution in [3.63, 3.8) is 0 Å². The largest absolute Gasteiger partial charge is 0.488 e. The number of aryl methyl sites for hydroxylation is 1. The Hall–Kier alpha value is -2.66. The summed E-state index contributed by atoms with van der Waals surface area (Å²) in [7, 11) is 0. The van der Waals surface area contributed by atoms with Gasteiger partial charge in [0.2, 0.25) is 0 Å². The first-order chi connectivity index (χ1) is 15.7. The van der Waals surface area contributed by atoms with Crippen LogP contribution < -0.4 is 15.4 Å². The second kappa shape index (κ2) is 12.5. The molecule has 8 nitrogen and oxygen atoms in total. The van der Waals surface area contributed by atoms with E-state index in [-0.39, 0.29) is 30.1 Å². The molecule has 1 fully saturated rings. The highest BCUT2D eigenvalue weighted by molar-refractivity contribution is 14.0. The molecular weight excluding hydrogens is 531 g/mol. The van der Waals surface area contributed by atoms with Gasteiger partial charge in [0.25, 0.3) is 0 Å². The van der Waals surface area contributed by atoms with Crippen molar-refractivity contribution in [1.82, 2.24) is 25.4 Å². The molecule has 1 saturated heterocycles. The number of benzene rings is 2. The average Bonchev–Trinajstić information content (AvgIpc) is 3.52. The number of aliphatic imine (C=N–C) groups is 1. The second-order valence-electron chi connectivity index (χ2n) is 7.77. The van der Waals surface area contributed by atoms with E-state index in [9.17, 15) is 0 Å². The zero-order valence-corrected chi connectivity index (χ0v) is 21.4. The Morgan fingerprint density at radius 3 is 2.76 bits per heavy atom. The molecule has 0 radical (unpaired) electrons. The van der Waals surface area contributed by atoms with Crippen LogP contribution in [-0.2, 0) is 17.8 Å². The Balaban J connectivity index is 0.00000306. The van der Waals surface area contributed by atoms with Gasteiger partial charge >= 0.3 is 0 Å². The first-order valence-electron chi connectivity index (χ1n) is 11.0. The first-order valence-corrected chi connectivity index (χ1v) is 11.0. The molecule has 0 bridgehead atoms. The fourth-order valence-electron chi connectivity index (χ4n) is 3.49. The standard InChI is InChI=1S/C24H30N6O2.HI/c1-3-26-24(27-13-19-5-8-21(9-6-19)30-17-25-16-29-30)28-14-20-7-4-18(2)12-23(20)32-22-10-11-31-15-22;/h4-9,12,16-17,22H,3,10-11,13-15H2,1-2H3,(H2,26,27,28);1H. The molecule has 33 heavy (non-hydrogen) atoms. The Morgan fingerprint density at radius 1 is 1.21 bits per heavy atom. The summed E-state index contributed by atoms with van der Waals surface area (Å²) in [6, 6.07) is 14.5. The Labute approximate surface area is 211 Å². The highest BCUT2D eigenvalue weighted by Gasteiger charge is 2.18. The number of guanidine groups is 1. The van der Waals surface area contributed by atoms with Crippen LogP contribution in [0.15, 0.2) is 60.1 Å². The quantitative estimate of drug-likeness (QED) is 0.248. The number of hydrogen-bond donors (Lipinski definition) is 2. The fraction of sp³-hybridized carbons (Fsp3) is 0.375. The molecule has 1 aliphatic rings. The molecule has 1 aromatic heterocycles. The van der Waals surface area contributed by atoms with Gasteiger partial charge in [0.1, 0.15) is 24.5 Å². The van der Waals surface area contributed by atoms with Crippen LogP contribution in [0.1, 0.15) is 30.0 Å². The lowest BCUT2D eigenvalue weighted by atomic mass is 10.1. The molecule has 1 atom stereocenters. The Bertz CT molecular complexity index is 1020. The van der Waals surface area contributed by atoms with E-state index in [1.165, 1.54) is 11.9 Å². The van der Waals surface area contributed by atoms with E-state index in [0.29, 0.717) is 19.7 Å². The van der Waals surface area contributed by atoms with Crippen molar-refractivity contribution in [2.24, 2.45) is 4.99 Å². The summed E-state index contributed by atoms with van der Waals surface area (Å²) in [6.07, 6.45) is 4.26. The predicted molar refractivity (Wildman–Crippen MR) is 139 cm³/mol. The van der Waals surface area contributed by atoms with Gasteiger partial charge in [0.05, 0.1) is 25.4 Å². The molecule has 2 N–H and O–H groups in total. The molecule has 0 aliphatic carbocycles. The van der Waals surface area contributed by atoms with E-state index >= 15 is 0 Å². The third-order valence-corrected chi connectivity index (χ3v) is 5.23. The zero-order chi connectivity index (χ0) is 22.2. The van der Waals surface area contributed by atoms with E-state index in [4.69, 9.17) is 14.5 Å². The van der Waals surface area contributed by atoms with Gasteiger partial charge in [-0.3, -0.25) is 0 Å². The topological polar surface area (TPSA) is 85.6 Å². The van der Waals surface area contributed by atoms with E-state index in [2.05, 4.69) is 64.9 Å². The van der Waals surface area contributed by atoms with Gasteiger partial charge < -0.3 is 20.1 Å². The van der Waals surface area contributed by atoms with Crippen molar-refractivity contribution in [3.05, 3.63) is 71.8 Å². The van der Waals surface area contributed by atoms with Gasteiger partial charge in [-0.05, 0) is 43.2 Å². The van der Waals surface area contributed by atoms with Gasteiger partial charge in [-0.25, -0.2) is 14.7 Å². The van der Waals surface area contributed by atoms with Crippen molar-refractivity contribution in [3.8, 4) is 11.4 Å². The molecule has 0 amide bonds. The Kier molecular flexibility index (Phi) is 9.49. The van der Waals surface area contributed by atoms with Crippen LogP contribution in [0.3, 0.4) is 0 Å². The molecule has 2 heterocycles. The lowest BCUT2D eigenvalue weighted by Crippen LogP contribution is -2.37. The van der Waals surface area contributed by atoms with Crippen molar-refractivity contribution < 1.29 is 9.47 Å². The van der Waals surface area contributed by atoms with Gasteiger partial charge in [0.15, 0.2) is 5.96 Å². The summed E-state index contributed by atoms with van der Waals surface area (Å²) in [5.74, 6) is 1.68. The van der Waals surface area contributed by atoms with Crippen LogP contribution in [0.2, 0.25) is 0 Å². The normalized spacial score (nSPS) is 15.7. The van der Waals surface area contributed by atoms with E-state index in [0.717, 1.165) is 48.1 Å². The molecule has 2 aromatic carbocycles. The lowest BCUT2D eigenvalue weighted by molar-refractivity contribution is 0.140. The third-order valence-electron chi connectivity index (χ3n) is 5.23. The number of nitrogens with one attached hydrogen (secondary N) is 2. The SMILES string of the molecule is CCNC(=NCc1ccc(-n2cncn2)cc1)NCc1ccc(C)cc1OC1CCOC1.I. The molecule has 0 spiro atoms. The number of hydrogen-bond acceptors (Lipinski definition) is 5. The van der Waals surface area contributed by atoms with Gasteiger partial charge in [0, 0.05) is 25.1 Å². The van der Waals surface area contributed by atoms with E-state index in [1.807, 2.05) is 12.1 Å². The number of nitrogens with zero attached hydrogens (tertiary/aromatic N) is 4. The van der Waals surface area contributed by atoms with Crippen LogP contribution in [0, 0.1) is 6.92 Å². The zero-order valence-electron chi connectivity index (χ0n) is 19.0. The lowest BCUT2D eigenvalue weighted by Gasteiger charge is -2.18. The van der Waals surface area contributed by atoms with Gasteiger partial charge in [-0.15, -0.1) is 24.0 Å². The van der Waals surface area contributed by atoms with Crippen molar-refractivity contribution in [1.29, 1.82) is 0 Å². The first kappa shape index (κ1) is 25.0. The van der Waals surface area contributed by atoms with Gasteiger partial charge in [-0.1, -0.05) is 24.3 Å². The summed E-state index contributed by atoms with van der Waals surface area (Å²) in [5.41, 5.74) is 4.37. The van der Waals surface area contributed by atoms with E-state index < -0.39 is 0 Å². The Morgan fingerprint density at radius 2 is 2.06 bits per heavy atom. The monoisotopic (exact) mass is 562 g/mol. The molecule has 176 valence electrons. The maximum absolute atomic E-state index is 6.21. The maximum Gasteiger partial charge on any atom is 0.191 e. The fourth-order valence-corrected chi connectivity index (χ4v) is 3.49.